The Morgan fingerprint density at radius 1 is 1.00 bits per heavy atom. The third-order valence-electron chi connectivity index (χ3n) is 2.85. The number of ether oxygens (including phenoxy) is 1. The van der Waals surface area contributed by atoms with E-state index >= 15 is 0 Å². The van der Waals surface area contributed by atoms with Gasteiger partial charge in [-0.2, -0.15) is 0 Å². The third-order valence-corrected chi connectivity index (χ3v) is 2.85. The van der Waals surface area contributed by atoms with Crippen molar-refractivity contribution >= 4 is 5.97 Å². The summed E-state index contributed by atoms with van der Waals surface area (Å²) in [6.45, 7) is 4.73. The molecule has 0 spiro atoms. The molecule has 1 N–H and O–H groups in total. The zero-order chi connectivity index (χ0) is 12.9. The molecular weight excluding hydrogens is 216 g/mol. The van der Waals surface area contributed by atoms with Gasteiger partial charge < -0.3 is 9.84 Å². The first-order chi connectivity index (χ1) is 8.22. The van der Waals surface area contributed by atoms with E-state index in [1.165, 1.54) is 19.3 Å². The van der Waals surface area contributed by atoms with Gasteiger partial charge in [0.1, 0.15) is 0 Å². The summed E-state index contributed by atoms with van der Waals surface area (Å²) in [6.07, 6.45) is 8.28. The molecule has 0 saturated heterocycles. The highest BCUT2D eigenvalue weighted by Crippen LogP contribution is 2.07. The van der Waals surface area contributed by atoms with Crippen molar-refractivity contribution in [1.82, 2.24) is 0 Å². The molecule has 0 fully saturated rings. The second-order valence-corrected chi connectivity index (χ2v) is 4.59. The second-order valence-electron chi connectivity index (χ2n) is 4.59. The first-order valence-electron chi connectivity index (χ1n) is 7.07. The van der Waals surface area contributed by atoms with Crippen LogP contribution in [-0.4, -0.2) is 23.8 Å². The minimum atomic E-state index is -0.918. The van der Waals surface area contributed by atoms with Gasteiger partial charge in [-0.3, -0.25) is 0 Å². The minimum absolute atomic E-state index is 0.446. The van der Waals surface area contributed by atoms with Gasteiger partial charge in [0, 0.05) is 0 Å². The van der Waals surface area contributed by atoms with E-state index in [0.29, 0.717) is 13.0 Å². The molecule has 0 aromatic rings. The van der Waals surface area contributed by atoms with E-state index in [4.69, 9.17) is 4.74 Å². The molecule has 0 heterocycles. The average Bonchev–Trinajstić information content (AvgIpc) is 2.34. The van der Waals surface area contributed by atoms with Gasteiger partial charge >= 0.3 is 5.97 Å². The molecule has 1 atom stereocenters. The monoisotopic (exact) mass is 244 g/mol. The Morgan fingerprint density at radius 3 is 2.18 bits per heavy atom. The highest BCUT2D eigenvalue weighted by Gasteiger charge is 2.15. The number of carbonyl (C=O) groups excluding carboxylic acids is 1. The predicted molar refractivity (Wildman–Crippen MR) is 69.9 cm³/mol. The van der Waals surface area contributed by atoms with Gasteiger partial charge in [0.25, 0.3) is 0 Å². The Bertz CT molecular complexity index is 180. The Labute approximate surface area is 106 Å². The van der Waals surface area contributed by atoms with Crippen molar-refractivity contribution in [3.05, 3.63) is 0 Å². The summed E-state index contributed by atoms with van der Waals surface area (Å²) in [5.74, 6) is -0.446. The van der Waals surface area contributed by atoms with Gasteiger partial charge in [0.2, 0.25) is 0 Å². The van der Waals surface area contributed by atoms with Crippen LogP contribution in [0, 0.1) is 0 Å². The Balaban J connectivity index is 3.40. The van der Waals surface area contributed by atoms with Crippen LogP contribution in [0.15, 0.2) is 0 Å². The molecule has 0 rings (SSSR count). The summed E-state index contributed by atoms with van der Waals surface area (Å²) in [4.78, 5) is 11.4. The van der Waals surface area contributed by atoms with E-state index < -0.39 is 12.1 Å². The second kappa shape index (κ2) is 11.9. The Kier molecular flexibility index (Phi) is 11.5. The lowest BCUT2D eigenvalue weighted by Crippen LogP contribution is -2.23. The normalized spacial score (nSPS) is 12.4. The molecule has 3 nitrogen and oxygen atoms in total. The largest absolute Gasteiger partial charge is 0.464 e. The fourth-order valence-corrected chi connectivity index (χ4v) is 1.68. The average molecular weight is 244 g/mol. The van der Waals surface area contributed by atoms with Crippen molar-refractivity contribution in [2.75, 3.05) is 6.61 Å². The number of aliphatic hydroxyl groups excluding tert-OH is 1. The molecule has 0 saturated carbocycles. The first-order valence-corrected chi connectivity index (χ1v) is 7.07. The predicted octanol–water partition coefficient (Wildman–Crippen LogP) is 3.44. The quantitative estimate of drug-likeness (QED) is 0.447. The third kappa shape index (κ3) is 10.3. The maximum Gasteiger partial charge on any atom is 0.334 e. The molecule has 0 radical (unpaired) electrons. The molecule has 0 aromatic heterocycles. The van der Waals surface area contributed by atoms with E-state index in [0.717, 1.165) is 32.1 Å². The Hall–Kier alpha value is -0.570. The van der Waals surface area contributed by atoms with Crippen LogP contribution in [0.25, 0.3) is 0 Å². The van der Waals surface area contributed by atoms with Crippen LogP contribution in [0.2, 0.25) is 0 Å². The molecule has 0 aromatic carbocycles. The highest BCUT2D eigenvalue weighted by atomic mass is 16.5. The number of esters is 1. The maximum atomic E-state index is 11.4. The number of aliphatic hydroxyl groups is 1. The summed E-state index contributed by atoms with van der Waals surface area (Å²) in [6, 6.07) is 0. The van der Waals surface area contributed by atoms with Crippen molar-refractivity contribution in [3.8, 4) is 0 Å². The van der Waals surface area contributed by atoms with E-state index in [-0.39, 0.29) is 0 Å². The number of carbonyl (C=O) groups is 1. The molecule has 0 aliphatic rings. The summed E-state index contributed by atoms with van der Waals surface area (Å²) < 4.78 is 5.02. The SMILES string of the molecule is CCCCCCOC(=O)C(O)CCCCCC. The van der Waals surface area contributed by atoms with Crippen LogP contribution in [0.4, 0.5) is 0 Å². The number of unbranched alkanes of at least 4 members (excludes halogenated alkanes) is 6. The van der Waals surface area contributed by atoms with E-state index in [1.807, 2.05) is 0 Å². The van der Waals surface area contributed by atoms with Crippen LogP contribution in [0.3, 0.4) is 0 Å². The summed E-state index contributed by atoms with van der Waals surface area (Å²) in [5.41, 5.74) is 0. The topological polar surface area (TPSA) is 46.5 Å². The molecule has 0 aliphatic carbocycles. The lowest BCUT2D eigenvalue weighted by molar-refractivity contribution is -0.154. The highest BCUT2D eigenvalue weighted by molar-refractivity contribution is 5.74. The molecule has 17 heavy (non-hydrogen) atoms. The van der Waals surface area contributed by atoms with Gasteiger partial charge in [-0.25, -0.2) is 4.79 Å². The van der Waals surface area contributed by atoms with Gasteiger partial charge in [0.15, 0.2) is 6.10 Å². The zero-order valence-electron chi connectivity index (χ0n) is 11.4. The van der Waals surface area contributed by atoms with Crippen LogP contribution in [0.5, 0.6) is 0 Å². The fourth-order valence-electron chi connectivity index (χ4n) is 1.68. The van der Waals surface area contributed by atoms with Gasteiger partial charge in [-0.1, -0.05) is 58.8 Å². The van der Waals surface area contributed by atoms with Crippen molar-refractivity contribution in [3.63, 3.8) is 0 Å². The standard InChI is InChI=1S/C14H28O3/c1-3-5-7-9-11-13(15)14(16)17-12-10-8-6-4-2/h13,15H,3-12H2,1-2H3. The van der Waals surface area contributed by atoms with Crippen LogP contribution in [0.1, 0.15) is 71.6 Å². The smallest absolute Gasteiger partial charge is 0.334 e. The van der Waals surface area contributed by atoms with Crippen molar-refractivity contribution in [1.29, 1.82) is 0 Å². The molecule has 0 amide bonds. The van der Waals surface area contributed by atoms with Crippen LogP contribution >= 0.6 is 0 Å². The Morgan fingerprint density at radius 2 is 1.59 bits per heavy atom. The number of hydrogen-bond donors (Lipinski definition) is 1. The van der Waals surface area contributed by atoms with Crippen molar-refractivity contribution in [2.45, 2.75) is 77.7 Å². The lowest BCUT2D eigenvalue weighted by Gasteiger charge is -2.10. The molecule has 102 valence electrons. The number of rotatable bonds is 11. The van der Waals surface area contributed by atoms with Gasteiger partial charge in [-0.15, -0.1) is 0 Å². The summed E-state index contributed by atoms with van der Waals surface area (Å²) in [5, 5.41) is 9.55. The minimum Gasteiger partial charge on any atom is -0.464 e. The van der Waals surface area contributed by atoms with E-state index in [1.54, 1.807) is 0 Å². The van der Waals surface area contributed by atoms with Crippen molar-refractivity contribution in [2.24, 2.45) is 0 Å². The van der Waals surface area contributed by atoms with Crippen LogP contribution < -0.4 is 0 Å². The first kappa shape index (κ1) is 16.4. The molecular formula is C14H28O3. The summed E-state index contributed by atoms with van der Waals surface area (Å²) >= 11 is 0. The zero-order valence-corrected chi connectivity index (χ0v) is 11.4. The molecule has 0 aliphatic heterocycles. The maximum absolute atomic E-state index is 11.4. The van der Waals surface area contributed by atoms with Crippen molar-refractivity contribution < 1.29 is 14.6 Å². The lowest BCUT2D eigenvalue weighted by atomic mass is 10.1. The van der Waals surface area contributed by atoms with E-state index in [9.17, 15) is 9.90 Å². The molecule has 0 bridgehead atoms. The fraction of sp³-hybridized carbons (Fsp3) is 0.929. The summed E-state index contributed by atoms with van der Waals surface area (Å²) in [7, 11) is 0. The molecule has 3 heteroatoms. The number of hydrogen-bond acceptors (Lipinski definition) is 3. The van der Waals surface area contributed by atoms with Gasteiger partial charge in [0.05, 0.1) is 6.61 Å². The van der Waals surface area contributed by atoms with Gasteiger partial charge in [-0.05, 0) is 12.8 Å². The van der Waals surface area contributed by atoms with Crippen LogP contribution in [-0.2, 0) is 9.53 Å². The van der Waals surface area contributed by atoms with E-state index in [2.05, 4.69) is 13.8 Å². The molecule has 1 unspecified atom stereocenters.